The fraction of sp³-hybridized carbons (Fsp3) is 0.588. The zero-order valence-electron chi connectivity index (χ0n) is 14.5. The van der Waals surface area contributed by atoms with Gasteiger partial charge in [-0.1, -0.05) is 0 Å². The largest absolute Gasteiger partial charge is 0.371 e. The molecule has 0 saturated carbocycles. The molecule has 130 valence electrons. The summed E-state index contributed by atoms with van der Waals surface area (Å²) < 4.78 is 13.5. The molecule has 1 unspecified atom stereocenters. The number of benzene rings is 1. The van der Waals surface area contributed by atoms with Crippen LogP contribution in [0.5, 0.6) is 0 Å². The topological polar surface area (TPSA) is 72.9 Å². The summed E-state index contributed by atoms with van der Waals surface area (Å²) in [5, 5.41) is 12.7. The van der Waals surface area contributed by atoms with Gasteiger partial charge in [-0.15, -0.1) is 10.2 Å². The Bertz CT molecular complexity index is 705. The van der Waals surface area contributed by atoms with Crippen molar-refractivity contribution in [3.05, 3.63) is 35.4 Å². The molecule has 0 saturated heterocycles. The standard InChI is InChI=1S/C17H25FN6/c1-17(2,3)24-21-16(20-22-24)6-7-23-11-12(10-19)8-13-9-14(18)4-5-15(13)23/h4-5,9,12H,6-8,10-11,19H2,1-3H3. The van der Waals surface area contributed by atoms with Gasteiger partial charge in [0.15, 0.2) is 5.82 Å². The highest BCUT2D eigenvalue weighted by molar-refractivity contribution is 5.56. The number of anilines is 1. The van der Waals surface area contributed by atoms with E-state index in [-0.39, 0.29) is 11.4 Å². The smallest absolute Gasteiger partial charge is 0.176 e. The molecule has 1 aliphatic heterocycles. The summed E-state index contributed by atoms with van der Waals surface area (Å²) in [4.78, 5) is 3.90. The molecule has 6 nitrogen and oxygen atoms in total. The molecule has 1 aromatic heterocycles. The monoisotopic (exact) mass is 332 g/mol. The fourth-order valence-electron chi connectivity index (χ4n) is 3.04. The molecular weight excluding hydrogens is 307 g/mol. The van der Waals surface area contributed by atoms with Gasteiger partial charge in [-0.05, 0) is 68.6 Å². The number of hydrogen-bond donors (Lipinski definition) is 1. The Labute approximate surface area is 141 Å². The summed E-state index contributed by atoms with van der Waals surface area (Å²) in [5.41, 5.74) is 7.80. The first-order valence-electron chi connectivity index (χ1n) is 8.39. The van der Waals surface area contributed by atoms with E-state index in [1.54, 1.807) is 10.9 Å². The highest BCUT2D eigenvalue weighted by Gasteiger charge is 2.24. The lowest BCUT2D eigenvalue weighted by atomic mass is 9.92. The average molecular weight is 332 g/mol. The van der Waals surface area contributed by atoms with Gasteiger partial charge in [0.1, 0.15) is 5.82 Å². The molecule has 1 aromatic carbocycles. The van der Waals surface area contributed by atoms with Crippen molar-refractivity contribution in [3.8, 4) is 0 Å². The van der Waals surface area contributed by atoms with Crippen LogP contribution in [0.25, 0.3) is 0 Å². The SMILES string of the molecule is CC(C)(C)n1nnc(CCN2CC(CN)Cc3cc(F)ccc32)n1. The van der Waals surface area contributed by atoms with Gasteiger partial charge in [-0.3, -0.25) is 0 Å². The molecular formula is C17H25FN6. The number of halogens is 1. The van der Waals surface area contributed by atoms with Crippen LogP contribution in [0.2, 0.25) is 0 Å². The van der Waals surface area contributed by atoms with E-state index < -0.39 is 0 Å². The number of nitrogens with two attached hydrogens (primary N) is 1. The second-order valence-electron chi connectivity index (χ2n) is 7.44. The third-order valence-corrected chi connectivity index (χ3v) is 4.36. The quantitative estimate of drug-likeness (QED) is 0.923. The van der Waals surface area contributed by atoms with Crippen molar-refractivity contribution in [2.75, 3.05) is 24.5 Å². The molecule has 0 aliphatic carbocycles. The third-order valence-electron chi connectivity index (χ3n) is 4.36. The van der Waals surface area contributed by atoms with Crippen molar-refractivity contribution in [2.24, 2.45) is 11.7 Å². The molecule has 0 fully saturated rings. The minimum atomic E-state index is -0.193. The second-order valence-corrected chi connectivity index (χ2v) is 7.44. The molecule has 2 heterocycles. The van der Waals surface area contributed by atoms with Gasteiger partial charge in [0.2, 0.25) is 0 Å². The fourth-order valence-corrected chi connectivity index (χ4v) is 3.04. The van der Waals surface area contributed by atoms with E-state index in [0.717, 1.165) is 36.6 Å². The van der Waals surface area contributed by atoms with E-state index in [4.69, 9.17) is 5.73 Å². The summed E-state index contributed by atoms with van der Waals surface area (Å²) >= 11 is 0. The number of fused-ring (bicyclic) bond motifs is 1. The molecule has 2 N–H and O–H groups in total. The Morgan fingerprint density at radius 1 is 1.33 bits per heavy atom. The maximum absolute atomic E-state index is 13.5. The van der Waals surface area contributed by atoms with E-state index in [1.165, 1.54) is 6.07 Å². The van der Waals surface area contributed by atoms with Crippen LogP contribution in [0.4, 0.5) is 10.1 Å². The van der Waals surface area contributed by atoms with E-state index in [2.05, 4.69) is 20.3 Å². The van der Waals surface area contributed by atoms with Crippen molar-refractivity contribution in [1.82, 2.24) is 20.2 Å². The second kappa shape index (κ2) is 6.47. The lowest BCUT2D eigenvalue weighted by Gasteiger charge is -2.35. The molecule has 0 amide bonds. The van der Waals surface area contributed by atoms with Crippen molar-refractivity contribution >= 4 is 5.69 Å². The van der Waals surface area contributed by atoms with Gasteiger partial charge in [0.05, 0.1) is 5.54 Å². The maximum atomic E-state index is 13.5. The van der Waals surface area contributed by atoms with Crippen molar-refractivity contribution in [1.29, 1.82) is 0 Å². The predicted molar refractivity (Wildman–Crippen MR) is 91.4 cm³/mol. The van der Waals surface area contributed by atoms with Gasteiger partial charge < -0.3 is 10.6 Å². The Morgan fingerprint density at radius 2 is 2.12 bits per heavy atom. The summed E-state index contributed by atoms with van der Waals surface area (Å²) in [6.45, 7) is 8.37. The van der Waals surface area contributed by atoms with Gasteiger partial charge >= 0.3 is 0 Å². The van der Waals surface area contributed by atoms with Crippen LogP contribution >= 0.6 is 0 Å². The van der Waals surface area contributed by atoms with Gasteiger partial charge in [0.25, 0.3) is 0 Å². The highest BCUT2D eigenvalue weighted by atomic mass is 19.1. The summed E-state index contributed by atoms with van der Waals surface area (Å²) in [6.07, 6.45) is 1.53. The minimum absolute atomic E-state index is 0.175. The van der Waals surface area contributed by atoms with Crippen LogP contribution in [0, 0.1) is 11.7 Å². The number of rotatable bonds is 4. The number of nitrogens with zero attached hydrogens (tertiary/aromatic N) is 5. The predicted octanol–water partition coefficient (Wildman–Crippen LogP) is 1.75. The van der Waals surface area contributed by atoms with Crippen LogP contribution in [0.1, 0.15) is 32.2 Å². The Kier molecular flexibility index (Phi) is 4.54. The molecule has 2 aromatic rings. The third kappa shape index (κ3) is 3.56. The zero-order valence-corrected chi connectivity index (χ0v) is 14.5. The molecule has 7 heteroatoms. The molecule has 24 heavy (non-hydrogen) atoms. The van der Waals surface area contributed by atoms with Crippen LogP contribution in [0.3, 0.4) is 0 Å². The van der Waals surface area contributed by atoms with Crippen molar-refractivity contribution < 1.29 is 4.39 Å². The van der Waals surface area contributed by atoms with Crippen LogP contribution in [0.15, 0.2) is 18.2 Å². The maximum Gasteiger partial charge on any atom is 0.176 e. The summed E-state index contributed by atoms with van der Waals surface area (Å²) in [7, 11) is 0. The molecule has 0 radical (unpaired) electrons. The van der Waals surface area contributed by atoms with Crippen LogP contribution < -0.4 is 10.6 Å². The van der Waals surface area contributed by atoms with Gasteiger partial charge in [-0.2, -0.15) is 4.80 Å². The first-order valence-corrected chi connectivity index (χ1v) is 8.39. The highest BCUT2D eigenvalue weighted by Crippen LogP contribution is 2.30. The Morgan fingerprint density at radius 3 is 2.79 bits per heavy atom. The Balaban J connectivity index is 1.74. The summed E-state index contributed by atoms with van der Waals surface area (Å²) in [5.74, 6) is 0.877. The van der Waals surface area contributed by atoms with E-state index in [0.29, 0.717) is 18.9 Å². The first kappa shape index (κ1) is 16.8. The molecule has 0 spiro atoms. The van der Waals surface area contributed by atoms with Crippen molar-refractivity contribution in [2.45, 2.75) is 39.2 Å². The minimum Gasteiger partial charge on any atom is -0.371 e. The van der Waals surface area contributed by atoms with Crippen LogP contribution in [-0.2, 0) is 18.4 Å². The number of hydrogen-bond acceptors (Lipinski definition) is 5. The number of tetrazole rings is 1. The van der Waals surface area contributed by atoms with Gasteiger partial charge in [0, 0.05) is 25.2 Å². The molecule has 3 rings (SSSR count). The lowest BCUT2D eigenvalue weighted by molar-refractivity contribution is 0.305. The summed E-state index contributed by atoms with van der Waals surface area (Å²) in [6, 6.07) is 5.00. The van der Waals surface area contributed by atoms with Crippen molar-refractivity contribution in [3.63, 3.8) is 0 Å². The lowest BCUT2D eigenvalue weighted by Crippen LogP contribution is -2.39. The first-order chi connectivity index (χ1) is 11.4. The number of aromatic nitrogens is 4. The average Bonchev–Trinajstić information content (AvgIpc) is 3.01. The van der Waals surface area contributed by atoms with Gasteiger partial charge in [-0.25, -0.2) is 4.39 Å². The van der Waals surface area contributed by atoms with E-state index in [9.17, 15) is 4.39 Å². The normalized spacial score (nSPS) is 17.9. The molecule has 1 aliphatic rings. The van der Waals surface area contributed by atoms with E-state index in [1.807, 2.05) is 26.8 Å². The molecule has 1 atom stereocenters. The zero-order chi connectivity index (χ0) is 17.3. The van der Waals surface area contributed by atoms with Crippen LogP contribution in [-0.4, -0.2) is 39.8 Å². The van der Waals surface area contributed by atoms with E-state index >= 15 is 0 Å². The Hall–Kier alpha value is -2.02. The molecule has 0 bridgehead atoms.